The van der Waals surface area contributed by atoms with Gasteiger partial charge < -0.3 is 20.1 Å². The molecule has 0 radical (unpaired) electrons. The molecular weight excluding hydrogens is 532 g/mol. The Labute approximate surface area is 246 Å². The summed E-state index contributed by atoms with van der Waals surface area (Å²) in [5.74, 6) is -0.00591. The molecule has 0 fully saturated rings. The summed E-state index contributed by atoms with van der Waals surface area (Å²) in [5, 5.41) is 12.5. The molecule has 1 atom stereocenters. The molecule has 0 spiro atoms. The smallest absolute Gasteiger partial charge is 0.326 e. The maximum absolute atomic E-state index is 13.5. The summed E-state index contributed by atoms with van der Waals surface area (Å²) in [7, 11) is 1.67. The molecule has 0 aliphatic heterocycles. The summed E-state index contributed by atoms with van der Waals surface area (Å²) in [6.45, 7) is 3.25. The molecule has 6 nitrogen and oxygen atoms in total. The number of para-hydroxylation sites is 2. The molecule has 7 heteroatoms. The second-order valence-electron chi connectivity index (χ2n) is 9.85. The highest BCUT2D eigenvalue weighted by Gasteiger charge is 2.23. The van der Waals surface area contributed by atoms with Crippen LogP contribution in [0.3, 0.4) is 0 Å². The maximum Gasteiger partial charge on any atom is 0.326 e. The number of carboxylic acid groups (broad SMARTS) is 1. The predicted molar refractivity (Wildman–Crippen MR) is 168 cm³/mol. The largest absolute Gasteiger partial charge is 0.495 e. The van der Waals surface area contributed by atoms with Crippen LogP contribution in [0.15, 0.2) is 97.1 Å². The standard InChI is InChI=1S/C34H36N2O4S/c1-24-11-7-8-14-27(24)29-21-26(17-18-28(29)33(37)35-30(34(38)39)19-20-41-3)23-36(22-25-12-5-4-6-13-25)31-15-9-10-16-32(31)40-2/h4-18,21,30H,19-20,22-23H2,1-3H3,(H,35,37)(H,38,39). The van der Waals surface area contributed by atoms with Crippen molar-refractivity contribution in [3.8, 4) is 16.9 Å². The highest BCUT2D eigenvalue weighted by atomic mass is 32.2. The SMILES string of the molecule is COc1ccccc1N(Cc1ccccc1)Cc1ccc(C(=O)NC(CCSC)C(=O)O)c(-c2ccccc2C)c1. The first-order chi connectivity index (χ1) is 19.9. The van der Waals surface area contributed by atoms with Crippen molar-refractivity contribution in [2.75, 3.05) is 24.0 Å². The second-order valence-corrected chi connectivity index (χ2v) is 10.8. The third-order valence-corrected chi connectivity index (χ3v) is 7.64. The van der Waals surface area contributed by atoms with Crippen LogP contribution in [0.4, 0.5) is 5.69 Å². The minimum atomic E-state index is -1.03. The number of aryl methyl sites for hydroxylation is 1. The number of hydrogen-bond acceptors (Lipinski definition) is 5. The number of benzene rings is 4. The Balaban J connectivity index is 1.74. The summed E-state index contributed by atoms with van der Waals surface area (Å²) in [5.41, 5.74) is 6.33. The highest BCUT2D eigenvalue weighted by Crippen LogP contribution is 2.33. The van der Waals surface area contributed by atoms with E-state index in [0.29, 0.717) is 30.8 Å². The van der Waals surface area contributed by atoms with Gasteiger partial charge in [0.25, 0.3) is 5.91 Å². The number of thioether (sulfide) groups is 1. The number of carbonyl (C=O) groups is 2. The Bertz CT molecular complexity index is 1470. The van der Waals surface area contributed by atoms with Crippen LogP contribution in [0.1, 0.15) is 33.5 Å². The van der Waals surface area contributed by atoms with Crippen LogP contribution >= 0.6 is 11.8 Å². The van der Waals surface area contributed by atoms with E-state index in [1.807, 2.05) is 98.1 Å². The molecule has 0 bridgehead atoms. The molecule has 1 amide bonds. The van der Waals surface area contributed by atoms with Gasteiger partial charge in [-0.15, -0.1) is 0 Å². The fourth-order valence-electron chi connectivity index (χ4n) is 4.86. The van der Waals surface area contributed by atoms with Crippen molar-refractivity contribution in [1.82, 2.24) is 5.32 Å². The number of nitrogens with one attached hydrogen (secondary N) is 1. The summed E-state index contributed by atoms with van der Waals surface area (Å²) >= 11 is 1.55. The summed E-state index contributed by atoms with van der Waals surface area (Å²) < 4.78 is 5.70. The van der Waals surface area contributed by atoms with Crippen LogP contribution in [-0.4, -0.2) is 42.1 Å². The zero-order chi connectivity index (χ0) is 29.2. The number of carbonyl (C=O) groups excluding carboxylic acids is 1. The molecule has 0 aromatic heterocycles. The Hall–Kier alpha value is -4.23. The fraction of sp³-hybridized carbons (Fsp3) is 0.235. The Morgan fingerprint density at radius 1 is 0.878 bits per heavy atom. The van der Waals surface area contributed by atoms with E-state index < -0.39 is 17.9 Å². The molecule has 212 valence electrons. The van der Waals surface area contributed by atoms with Crippen molar-refractivity contribution >= 4 is 29.3 Å². The van der Waals surface area contributed by atoms with Gasteiger partial charge in [-0.25, -0.2) is 4.79 Å². The monoisotopic (exact) mass is 568 g/mol. The van der Waals surface area contributed by atoms with Gasteiger partial charge in [-0.3, -0.25) is 4.79 Å². The molecule has 0 heterocycles. The van der Waals surface area contributed by atoms with Crippen LogP contribution in [0.2, 0.25) is 0 Å². The first-order valence-corrected chi connectivity index (χ1v) is 14.9. The van der Waals surface area contributed by atoms with Crippen LogP contribution in [-0.2, 0) is 17.9 Å². The number of hydrogen-bond donors (Lipinski definition) is 2. The number of aliphatic carboxylic acids is 1. The van der Waals surface area contributed by atoms with Gasteiger partial charge >= 0.3 is 5.97 Å². The van der Waals surface area contributed by atoms with E-state index in [2.05, 4.69) is 22.3 Å². The first-order valence-electron chi connectivity index (χ1n) is 13.5. The lowest BCUT2D eigenvalue weighted by Crippen LogP contribution is -2.41. The van der Waals surface area contributed by atoms with E-state index in [1.165, 1.54) is 5.56 Å². The van der Waals surface area contributed by atoms with Gasteiger partial charge in [0.2, 0.25) is 0 Å². The van der Waals surface area contributed by atoms with E-state index in [4.69, 9.17) is 4.74 Å². The molecule has 41 heavy (non-hydrogen) atoms. The minimum Gasteiger partial charge on any atom is -0.495 e. The quantitative estimate of drug-likeness (QED) is 0.184. The number of anilines is 1. The third kappa shape index (κ3) is 7.70. The van der Waals surface area contributed by atoms with Crippen LogP contribution in [0.5, 0.6) is 5.75 Å². The molecule has 0 saturated heterocycles. The van der Waals surface area contributed by atoms with Gasteiger partial charge in [-0.1, -0.05) is 72.8 Å². The van der Waals surface area contributed by atoms with Gasteiger partial charge in [-0.2, -0.15) is 11.8 Å². The van der Waals surface area contributed by atoms with Crippen LogP contribution < -0.4 is 15.0 Å². The van der Waals surface area contributed by atoms with E-state index in [1.54, 1.807) is 18.9 Å². The molecule has 0 aliphatic rings. The molecule has 0 saturated carbocycles. The van der Waals surface area contributed by atoms with Crippen LogP contribution in [0, 0.1) is 6.92 Å². The van der Waals surface area contributed by atoms with E-state index in [-0.39, 0.29) is 0 Å². The minimum absolute atomic E-state index is 0.355. The lowest BCUT2D eigenvalue weighted by atomic mass is 9.93. The van der Waals surface area contributed by atoms with Gasteiger partial charge in [-0.05, 0) is 77.4 Å². The lowest BCUT2D eigenvalue weighted by Gasteiger charge is -2.27. The van der Waals surface area contributed by atoms with Gasteiger partial charge in [0, 0.05) is 18.7 Å². The normalized spacial score (nSPS) is 11.5. The Morgan fingerprint density at radius 3 is 2.27 bits per heavy atom. The third-order valence-electron chi connectivity index (χ3n) is 6.99. The van der Waals surface area contributed by atoms with Crippen molar-refractivity contribution in [1.29, 1.82) is 0 Å². The maximum atomic E-state index is 13.5. The second kappa shape index (κ2) is 14.4. The molecular formula is C34H36N2O4S. The number of ether oxygens (including phenoxy) is 1. The number of rotatable bonds is 13. The summed E-state index contributed by atoms with van der Waals surface area (Å²) in [6.07, 6.45) is 2.27. The lowest BCUT2D eigenvalue weighted by molar-refractivity contribution is -0.139. The van der Waals surface area contributed by atoms with Crippen molar-refractivity contribution in [2.24, 2.45) is 0 Å². The summed E-state index contributed by atoms with van der Waals surface area (Å²) in [4.78, 5) is 27.6. The Morgan fingerprint density at radius 2 is 1.56 bits per heavy atom. The average molecular weight is 569 g/mol. The molecule has 0 aliphatic carbocycles. The fourth-order valence-corrected chi connectivity index (χ4v) is 5.33. The van der Waals surface area contributed by atoms with Crippen molar-refractivity contribution in [3.63, 3.8) is 0 Å². The van der Waals surface area contributed by atoms with Crippen molar-refractivity contribution in [2.45, 2.75) is 32.5 Å². The van der Waals surface area contributed by atoms with E-state index in [0.717, 1.165) is 33.7 Å². The zero-order valence-corrected chi connectivity index (χ0v) is 24.5. The summed E-state index contributed by atoms with van der Waals surface area (Å²) in [6, 6.07) is 31.0. The molecule has 4 aromatic carbocycles. The average Bonchev–Trinajstić information content (AvgIpc) is 2.99. The van der Waals surface area contributed by atoms with Crippen molar-refractivity contribution in [3.05, 3.63) is 119 Å². The van der Waals surface area contributed by atoms with Gasteiger partial charge in [0.1, 0.15) is 11.8 Å². The molecule has 4 rings (SSSR count). The van der Waals surface area contributed by atoms with E-state index >= 15 is 0 Å². The van der Waals surface area contributed by atoms with E-state index in [9.17, 15) is 14.7 Å². The number of carboxylic acids is 1. The molecule has 4 aromatic rings. The number of methoxy groups -OCH3 is 1. The zero-order valence-electron chi connectivity index (χ0n) is 23.7. The predicted octanol–water partition coefficient (Wildman–Crippen LogP) is 6.81. The molecule has 2 N–H and O–H groups in total. The van der Waals surface area contributed by atoms with Gasteiger partial charge in [0.05, 0.1) is 12.8 Å². The highest BCUT2D eigenvalue weighted by molar-refractivity contribution is 7.98. The van der Waals surface area contributed by atoms with Crippen LogP contribution in [0.25, 0.3) is 11.1 Å². The topological polar surface area (TPSA) is 78.9 Å². The molecule has 1 unspecified atom stereocenters. The van der Waals surface area contributed by atoms with Gasteiger partial charge in [0.15, 0.2) is 0 Å². The Kier molecular flexibility index (Phi) is 10.5. The van der Waals surface area contributed by atoms with Crippen molar-refractivity contribution < 1.29 is 19.4 Å². The number of nitrogens with zero attached hydrogens (tertiary/aromatic N) is 1. The number of amides is 1. The first kappa shape index (κ1) is 29.7.